The van der Waals surface area contributed by atoms with Gasteiger partial charge in [-0.05, 0) is 42.7 Å². The highest BCUT2D eigenvalue weighted by Gasteiger charge is 2.30. The molecule has 2 aromatic carbocycles. The van der Waals surface area contributed by atoms with Gasteiger partial charge in [-0.3, -0.25) is 4.90 Å². The van der Waals surface area contributed by atoms with Crippen LogP contribution in [0.4, 0.5) is 0 Å². The van der Waals surface area contributed by atoms with Crippen molar-refractivity contribution in [1.29, 1.82) is 0 Å². The molecule has 0 bridgehead atoms. The molecule has 0 atom stereocenters. The Kier molecular flexibility index (Phi) is 4.09. The number of aryl methyl sites for hydroxylation is 1. The van der Waals surface area contributed by atoms with Gasteiger partial charge < -0.3 is 14.4 Å². The molecule has 0 radical (unpaired) electrons. The number of ether oxygens (including phenoxy) is 1. The van der Waals surface area contributed by atoms with Gasteiger partial charge in [-0.25, -0.2) is 4.98 Å². The molecule has 3 aromatic rings. The summed E-state index contributed by atoms with van der Waals surface area (Å²) in [4.78, 5) is 7.27. The number of rotatable bonds is 6. The van der Waals surface area contributed by atoms with E-state index in [1.165, 1.54) is 18.4 Å². The minimum Gasteiger partial charge on any atom is -0.504 e. The van der Waals surface area contributed by atoms with Crippen LogP contribution in [-0.4, -0.2) is 32.7 Å². The Labute approximate surface area is 147 Å². The Morgan fingerprint density at radius 3 is 2.72 bits per heavy atom. The number of benzene rings is 2. The number of nitrogens with zero attached hydrogens (tertiary/aromatic N) is 3. The summed E-state index contributed by atoms with van der Waals surface area (Å²) < 4.78 is 7.42. The molecule has 0 saturated heterocycles. The van der Waals surface area contributed by atoms with Crippen LogP contribution in [-0.2, 0) is 20.1 Å². The Morgan fingerprint density at radius 1 is 1.20 bits per heavy atom. The number of phenolic OH excluding ortho intramolecular Hbond substituents is 1. The van der Waals surface area contributed by atoms with Crippen LogP contribution in [0.3, 0.4) is 0 Å². The van der Waals surface area contributed by atoms with Crippen LogP contribution < -0.4 is 4.74 Å². The van der Waals surface area contributed by atoms with E-state index < -0.39 is 0 Å². The van der Waals surface area contributed by atoms with E-state index in [0.29, 0.717) is 11.8 Å². The highest BCUT2D eigenvalue weighted by atomic mass is 16.5. The summed E-state index contributed by atoms with van der Waals surface area (Å²) in [5.74, 6) is 1.79. The van der Waals surface area contributed by atoms with Gasteiger partial charge in [0, 0.05) is 19.6 Å². The average Bonchev–Trinajstić information content (AvgIpc) is 3.42. The van der Waals surface area contributed by atoms with Crippen molar-refractivity contribution >= 4 is 11.0 Å². The number of aromatic nitrogens is 2. The van der Waals surface area contributed by atoms with Crippen LogP contribution in [0.1, 0.15) is 24.2 Å². The lowest BCUT2D eigenvalue weighted by atomic mass is 10.2. The van der Waals surface area contributed by atoms with Gasteiger partial charge in [0.2, 0.25) is 0 Å². The third kappa shape index (κ3) is 3.20. The zero-order valence-electron chi connectivity index (χ0n) is 14.6. The van der Waals surface area contributed by atoms with Crippen molar-refractivity contribution in [1.82, 2.24) is 14.5 Å². The zero-order valence-corrected chi connectivity index (χ0v) is 14.6. The first-order valence-electron chi connectivity index (χ1n) is 8.66. The van der Waals surface area contributed by atoms with Crippen molar-refractivity contribution in [2.45, 2.75) is 32.0 Å². The zero-order chi connectivity index (χ0) is 17.4. The Bertz CT molecular complexity index is 899. The fourth-order valence-electron chi connectivity index (χ4n) is 3.33. The summed E-state index contributed by atoms with van der Waals surface area (Å²) in [6, 6.07) is 14.4. The molecule has 1 N–H and O–H groups in total. The van der Waals surface area contributed by atoms with Crippen LogP contribution in [0.5, 0.6) is 11.5 Å². The number of aromatic hydroxyl groups is 1. The fourth-order valence-corrected chi connectivity index (χ4v) is 3.33. The molecule has 1 aliphatic rings. The molecule has 0 spiro atoms. The number of imidazole rings is 1. The minimum atomic E-state index is 0.180. The van der Waals surface area contributed by atoms with E-state index in [0.717, 1.165) is 30.0 Å². The van der Waals surface area contributed by atoms with Crippen LogP contribution >= 0.6 is 0 Å². The number of phenols is 1. The second-order valence-corrected chi connectivity index (χ2v) is 6.72. The van der Waals surface area contributed by atoms with E-state index in [2.05, 4.69) is 34.7 Å². The molecular formula is C20H23N3O2. The summed E-state index contributed by atoms with van der Waals surface area (Å²) in [6.45, 7) is 1.64. The SMILES string of the molecule is COc1cc(CN(Cc2nc3ccccc3n2C)C2CC2)ccc1O. The molecule has 25 heavy (non-hydrogen) atoms. The number of methoxy groups -OCH3 is 1. The van der Waals surface area contributed by atoms with Crippen LogP contribution in [0.15, 0.2) is 42.5 Å². The highest BCUT2D eigenvalue weighted by Crippen LogP contribution is 2.32. The topological polar surface area (TPSA) is 50.5 Å². The molecular weight excluding hydrogens is 314 g/mol. The van der Waals surface area contributed by atoms with Gasteiger partial charge in [0.1, 0.15) is 5.82 Å². The van der Waals surface area contributed by atoms with E-state index >= 15 is 0 Å². The molecule has 0 amide bonds. The lowest BCUT2D eigenvalue weighted by Gasteiger charge is -2.22. The second-order valence-electron chi connectivity index (χ2n) is 6.72. The smallest absolute Gasteiger partial charge is 0.160 e. The molecule has 0 unspecified atom stereocenters. The quantitative estimate of drug-likeness (QED) is 0.748. The number of para-hydroxylation sites is 2. The Morgan fingerprint density at radius 2 is 2.00 bits per heavy atom. The summed E-state index contributed by atoms with van der Waals surface area (Å²) >= 11 is 0. The maximum Gasteiger partial charge on any atom is 0.160 e. The van der Waals surface area contributed by atoms with Crippen molar-refractivity contribution in [3.63, 3.8) is 0 Å². The fraction of sp³-hybridized carbons (Fsp3) is 0.350. The standard InChI is InChI=1S/C20H23N3O2/c1-22-17-6-4-3-5-16(17)21-20(22)13-23(15-8-9-15)12-14-7-10-18(24)19(11-14)25-2/h3-7,10-11,15,24H,8-9,12-13H2,1-2H3. The first-order valence-corrected chi connectivity index (χ1v) is 8.66. The third-order valence-corrected chi connectivity index (χ3v) is 4.92. The molecule has 1 aliphatic carbocycles. The van der Waals surface area contributed by atoms with Gasteiger partial charge in [0.05, 0.1) is 24.7 Å². The predicted molar refractivity (Wildman–Crippen MR) is 97.6 cm³/mol. The number of hydrogen-bond donors (Lipinski definition) is 1. The molecule has 1 heterocycles. The van der Waals surface area contributed by atoms with Gasteiger partial charge in [0.15, 0.2) is 11.5 Å². The largest absolute Gasteiger partial charge is 0.504 e. The summed E-state index contributed by atoms with van der Waals surface area (Å²) in [7, 11) is 3.66. The molecule has 4 rings (SSSR count). The molecule has 5 heteroatoms. The van der Waals surface area contributed by atoms with E-state index in [4.69, 9.17) is 9.72 Å². The van der Waals surface area contributed by atoms with Crippen molar-refractivity contribution in [2.24, 2.45) is 7.05 Å². The van der Waals surface area contributed by atoms with Crippen LogP contribution in [0.25, 0.3) is 11.0 Å². The van der Waals surface area contributed by atoms with Gasteiger partial charge in [0.25, 0.3) is 0 Å². The van der Waals surface area contributed by atoms with Crippen molar-refractivity contribution in [3.8, 4) is 11.5 Å². The lowest BCUT2D eigenvalue weighted by Crippen LogP contribution is -2.26. The van der Waals surface area contributed by atoms with Crippen molar-refractivity contribution in [3.05, 3.63) is 53.9 Å². The van der Waals surface area contributed by atoms with E-state index in [9.17, 15) is 5.11 Å². The molecule has 1 saturated carbocycles. The van der Waals surface area contributed by atoms with E-state index in [1.54, 1.807) is 13.2 Å². The van der Waals surface area contributed by atoms with E-state index in [-0.39, 0.29) is 5.75 Å². The maximum atomic E-state index is 9.79. The highest BCUT2D eigenvalue weighted by molar-refractivity contribution is 5.75. The lowest BCUT2D eigenvalue weighted by molar-refractivity contribution is 0.237. The summed E-state index contributed by atoms with van der Waals surface area (Å²) in [5.41, 5.74) is 3.35. The van der Waals surface area contributed by atoms with Crippen molar-refractivity contribution in [2.75, 3.05) is 7.11 Å². The predicted octanol–water partition coefficient (Wildman–Crippen LogP) is 3.45. The summed E-state index contributed by atoms with van der Waals surface area (Å²) in [5, 5.41) is 9.79. The van der Waals surface area contributed by atoms with Gasteiger partial charge in [-0.1, -0.05) is 18.2 Å². The normalized spacial score (nSPS) is 14.4. The molecule has 1 fully saturated rings. The van der Waals surface area contributed by atoms with E-state index in [1.807, 2.05) is 18.2 Å². The van der Waals surface area contributed by atoms with Crippen molar-refractivity contribution < 1.29 is 9.84 Å². The molecule has 130 valence electrons. The Balaban J connectivity index is 1.58. The monoisotopic (exact) mass is 337 g/mol. The average molecular weight is 337 g/mol. The van der Waals surface area contributed by atoms with Gasteiger partial charge in [-0.15, -0.1) is 0 Å². The number of fused-ring (bicyclic) bond motifs is 1. The first-order chi connectivity index (χ1) is 12.2. The summed E-state index contributed by atoms with van der Waals surface area (Å²) in [6.07, 6.45) is 2.47. The number of hydrogen-bond acceptors (Lipinski definition) is 4. The first kappa shape index (κ1) is 16.0. The molecule has 5 nitrogen and oxygen atoms in total. The third-order valence-electron chi connectivity index (χ3n) is 4.92. The van der Waals surface area contributed by atoms with Gasteiger partial charge >= 0.3 is 0 Å². The van der Waals surface area contributed by atoms with Crippen LogP contribution in [0.2, 0.25) is 0 Å². The van der Waals surface area contributed by atoms with Crippen LogP contribution in [0, 0.1) is 0 Å². The van der Waals surface area contributed by atoms with Gasteiger partial charge in [-0.2, -0.15) is 0 Å². The molecule has 1 aromatic heterocycles. The second kappa shape index (κ2) is 6.41. The molecule has 0 aliphatic heterocycles. The Hall–Kier alpha value is -2.53. The minimum absolute atomic E-state index is 0.180. The maximum absolute atomic E-state index is 9.79.